The van der Waals surface area contributed by atoms with Crippen LogP contribution >= 0.6 is 0 Å². The fraction of sp³-hybridized carbons (Fsp3) is 0.833. The molecular weight excluding hydrogens is 356 g/mol. The van der Waals surface area contributed by atoms with Crippen molar-refractivity contribution in [2.45, 2.75) is 83.8 Å². The van der Waals surface area contributed by atoms with E-state index in [1.807, 2.05) is 0 Å². The van der Waals surface area contributed by atoms with E-state index in [9.17, 15) is 19.5 Å². The molecule has 0 radical (unpaired) electrons. The lowest BCUT2D eigenvalue weighted by Gasteiger charge is -2.38. The van der Waals surface area contributed by atoms with Crippen LogP contribution in [0, 0.1) is 5.92 Å². The Morgan fingerprint density at radius 1 is 0.852 bits per heavy atom. The third-order valence-corrected chi connectivity index (χ3v) is 3.86. The van der Waals surface area contributed by atoms with Gasteiger partial charge in [0.05, 0.1) is 25.2 Å². The fourth-order valence-electron chi connectivity index (χ4n) is 2.83. The highest BCUT2D eigenvalue weighted by Crippen LogP contribution is 2.27. The van der Waals surface area contributed by atoms with Gasteiger partial charge in [0.1, 0.15) is 11.2 Å². The Balaban J connectivity index is 2.86. The summed E-state index contributed by atoms with van der Waals surface area (Å²) >= 11 is 0. The number of alkyl carbamates (subject to hydrolysis) is 2. The number of hydrogen-bond donors (Lipinski definition) is 3. The molecule has 0 aliphatic heterocycles. The molecule has 0 aromatic carbocycles. The van der Waals surface area contributed by atoms with Gasteiger partial charge in [0.2, 0.25) is 0 Å². The quantitative estimate of drug-likeness (QED) is 0.497. The zero-order valence-corrected chi connectivity index (χ0v) is 17.1. The topological polar surface area (TPSA) is 123 Å². The average Bonchev–Trinajstić information content (AvgIpc) is 2.45. The van der Waals surface area contributed by atoms with E-state index in [0.717, 1.165) is 0 Å². The lowest BCUT2D eigenvalue weighted by molar-refractivity contribution is -0.149. The summed E-state index contributed by atoms with van der Waals surface area (Å²) in [4.78, 5) is 36.2. The lowest BCUT2D eigenvalue weighted by atomic mass is 9.80. The minimum atomic E-state index is -0.988. The third-order valence-electron chi connectivity index (χ3n) is 3.86. The Bertz CT molecular complexity index is 551. The summed E-state index contributed by atoms with van der Waals surface area (Å²) in [6.07, 6.45) is -2.21. The van der Waals surface area contributed by atoms with E-state index in [1.165, 1.54) is 7.11 Å². The van der Waals surface area contributed by atoms with Crippen LogP contribution in [0.25, 0.3) is 0 Å². The molecule has 1 fully saturated rings. The van der Waals surface area contributed by atoms with Gasteiger partial charge in [0.25, 0.3) is 0 Å². The van der Waals surface area contributed by atoms with Crippen molar-refractivity contribution < 1.29 is 33.7 Å². The Kier molecular flexibility index (Phi) is 7.48. The van der Waals surface area contributed by atoms with Crippen LogP contribution < -0.4 is 10.6 Å². The molecule has 0 aromatic rings. The molecule has 1 aliphatic rings. The maximum atomic E-state index is 12.1. The first-order valence-electron chi connectivity index (χ1n) is 8.97. The van der Waals surface area contributed by atoms with Gasteiger partial charge >= 0.3 is 18.2 Å². The molecule has 0 heterocycles. The number of ether oxygens (including phenoxy) is 3. The van der Waals surface area contributed by atoms with Crippen molar-refractivity contribution in [3.8, 4) is 0 Å². The maximum absolute atomic E-state index is 12.1. The second-order valence-electron chi connectivity index (χ2n) is 8.67. The Morgan fingerprint density at radius 3 is 1.70 bits per heavy atom. The van der Waals surface area contributed by atoms with E-state index >= 15 is 0 Å². The molecule has 9 nitrogen and oxygen atoms in total. The Hall–Kier alpha value is -2.03. The van der Waals surface area contributed by atoms with Gasteiger partial charge in [-0.2, -0.15) is 0 Å². The fourth-order valence-corrected chi connectivity index (χ4v) is 2.83. The van der Waals surface area contributed by atoms with Crippen molar-refractivity contribution >= 4 is 18.2 Å². The number of amides is 2. The molecule has 1 saturated carbocycles. The summed E-state index contributed by atoms with van der Waals surface area (Å²) in [7, 11) is 1.24. The molecule has 3 N–H and O–H groups in total. The first-order valence-corrected chi connectivity index (χ1v) is 8.97. The van der Waals surface area contributed by atoms with E-state index in [2.05, 4.69) is 10.6 Å². The largest absolute Gasteiger partial charge is 0.469 e. The summed E-state index contributed by atoms with van der Waals surface area (Å²) in [5.41, 5.74) is -1.39. The van der Waals surface area contributed by atoms with Crippen molar-refractivity contribution in [2.24, 2.45) is 5.92 Å². The van der Waals surface area contributed by atoms with Crippen molar-refractivity contribution in [1.29, 1.82) is 0 Å². The second kappa shape index (κ2) is 8.77. The molecule has 1 aliphatic carbocycles. The summed E-state index contributed by atoms with van der Waals surface area (Å²) in [6, 6.07) is -1.36. The van der Waals surface area contributed by atoms with E-state index in [4.69, 9.17) is 14.2 Å². The average molecular weight is 388 g/mol. The Morgan fingerprint density at radius 2 is 1.30 bits per heavy atom. The number of nitrogens with one attached hydrogen (secondary N) is 2. The number of carbonyl (C=O) groups is 3. The van der Waals surface area contributed by atoms with Gasteiger partial charge < -0.3 is 30.0 Å². The number of aliphatic hydroxyl groups is 1. The monoisotopic (exact) mass is 388 g/mol. The molecule has 9 heteroatoms. The molecule has 4 atom stereocenters. The minimum absolute atomic E-state index is 0.0214. The van der Waals surface area contributed by atoms with Crippen molar-refractivity contribution in [3.63, 3.8) is 0 Å². The number of esters is 1. The van der Waals surface area contributed by atoms with Crippen LogP contribution in [0.1, 0.15) is 54.4 Å². The van der Waals surface area contributed by atoms with Gasteiger partial charge in [-0.1, -0.05) is 0 Å². The minimum Gasteiger partial charge on any atom is -0.469 e. The van der Waals surface area contributed by atoms with E-state index < -0.39 is 53.5 Å². The molecule has 156 valence electrons. The Labute approximate surface area is 160 Å². The molecular formula is C18H32N2O7. The highest BCUT2D eigenvalue weighted by molar-refractivity contribution is 5.76. The zero-order valence-electron chi connectivity index (χ0n) is 17.1. The first-order chi connectivity index (χ1) is 12.2. The number of rotatable bonds is 3. The van der Waals surface area contributed by atoms with Gasteiger partial charge in [-0.3, -0.25) is 4.79 Å². The molecule has 1 rings (SSSR count). The number of hydrogen-bond acceptors (Lipinski definition) is 7. The normalized spacial score (nSPS) is 25.9. The second-order valence-corrected chi connectivity index (χ2v) is 8.67. The van der Waals surface area contributed by atoms with Gasteiger partial charge in [-0.25, -0.2) is 9.59 Å². The van der Waals surface area contributed by atoms with Crippen molar-refractivity contribution in [3.05, 3.63) is 0 Å². The summed E-state index contributed by atoms with van der Waals surface area (Å²) < 4.78 is 15.2. The molecule has 2 amide bonds. The SMILES string of the molecule is COC(=O)[C@@H]1C[C@H](O)[C@@H](NC(=O)OC(C)(C)C)C[C@H]1NC(=O)OC(C)(C)C. The lowest BCUT2D eigenvalue weighted by Crippen LogP contribution is -2.58. The number of aliphatic hydroxyl groups excluding tert-OH is 1. The number of carbonyl (C=O) groups excluding carboxylic acids is 3. The van der Waals surface area contributed by atoms with Crippen LogP contribution in [0.15, 0.2) is 0 Å². The van der Waals surface area contributed by atoms with Crippen LogP contribution in [-0.4, -0.2) is 59.8 Å². The predicted octanol–water partition coefficient (Wildman–Crippen LogP) is 1.72. The van der Waals surface area contributed by atoms with E-state index in [-0.39, 0.29) is 12.8 Å². The van der Waals surface area contributed by atoms with Gasteiger partial charge in [-0.15, -0.1) is 0 Å². The van der Waals surface area contributed by atoms with Crippen LogP contribution in [0.5, 0.6) is 0 Å². The zero-order chi connectivity index (χ0) is 21.0. The molecule has 0 saturated heterocycles. The molecule has 27 heavy (non-hydrogen) atoms. The maximum Gasteiger partial charge on any atom is 0.407 e. The highest BCUT2D eigenvalue weighted by atomic mass is 16.6. The van der Waals surface area contributed by atoms with Crippen LogP contribution in [0.3, 0.4) is 0 Å². The van der Waals surface area contributed by atoms with Crippen LogP contribution in [0.4, 0.5) is 9.59 Å². The van der Waals surface area contributed by atoms with Gasteiger partial charge in [0, 0.05) is 6.04 Å². The highest BCUT2D eigenvalue weighted by Gasteiger charge is 2.42. The van der Waals surface area contributed by atoms with E-state index in [0.29, 0.717) is 0 Å². The number of methoxy groups -OCH3 is 1. The van der Waals surface area contributed by atoms with Crippen molar-refractivity contribution in [1.82, 2.24) is 10.6 Å². The molecule has 0 spiro atoms. The summed E-state index contributed by atoms with van der Waals surface area (Å²) in [5.74, 6) is -1.31. The molecule has 0 bridgehead atoms. The van der Waals surface area contributed by atoms with Crippen LogP contribution in [-0.2, 0) is 19.0 Å². The molecule has 0 aromatic heterocycles. The summed E-state index contributed by atoms with van der Waals surface area (Å²) in [6.45, 7) is 10.4. The van der Waals surface area contributed by atoms with E-state index in [1.54, 1.807) is 41.5 Å². The predicted molar refractivity (Wildman–Crippen MR) is 97.1 cm³/mol. The van der Waals surface area contributed by atoms with Crippen molar-refractivity contribution in [2.75, 3.05) is 7.11 Å². The smallest absolute Gasteiger partial charge is 0.407 e. The van der Waals surface area contributed by atoms with Gasteiger partial charge in [-0.05, 0) is 54.4 Å². The third kappa shape index (κ3) is 8.03. The molecule has 0 unspecified atom stereocenters. The first kappa shape index (κ1) is 23.0. The summed E-state index contributed by atoms with van der Waals surface area (Å²) in [5, 5.41) is 15.6. The van der Waals surface area contributed by atoms with Gasteiger partial charge in [0.15, 0.2) is 0 Å². The standard InChI is InChI=1S/C18H32N2O7/c1-17(2,3)26-15(23)19-11-9-12(20-16(24)27-18(4,5)6)13(21)8-10(11)14(22)25-7/h10-13,21H,8-9H2,1-7H3,(H,19,23)(H,20,24)/t10-,11-,12+,13+/m1/s1. The van der Waals surface area contributed by atoms with Crippen LogP contribution in [0.2, 0.25) is 0 Å².